The molecule has 4 N–H and O–H groups in total. The Labute approximate surface area is 129 Å². The zero-order valence-electron chi connectivity index (χ0n) is 11.6. The normalized spacial score (nSPS) is 17.0. The molecule has 0 saturated heterocycles. The number of phenols is 2. The smallest absolute Gasteiger partial charge is 0.257 e. The standard InChI is InChI=1S/C14H13N3O4S/c1-22-14-16-12-11(13(21)17-14)7(5-10(20)15-12)6-2-3-8(18)9(19)4-6/h2-4,7,18-19H,5H2,1H3,(H2,15,16,17,20,21)/t7-/m0/s1. The van der Waals surface area contributed by atoms with Gasteiger partial charge in [0.2, 0.25) is 5.91 Å². The molecule has 2 heterocycles. The maximum Gasteiger partial charge on any atom is 0.257 e. The van der Waals surface area contributed by atoms with Crippen molar-refractivity contribution in [1.82, 2.24) is 9.97 Å². The Morgan fingerprint density at radius 1 is 1.27 bits per heavy atom. The quantitative estimate of drug-likeness (QED) is 0.377. The summed E-state index contributed by atoms with van der Waals surface area (Å²) >= 11 is 1.27. The zero-order valence-corrected chi connectivity index (χ0v) is 12.4. The van der Waals surface area contributed by atoms with E-state index in [0.717, 1.165) is 0 Å². The fraction of sp³-hybridized carbons (Fsp3) is 0.214. The van der Waals surface area contributed by atoms with E-state index >= 15 is 0 Å². The molecule has 7 nitrogen and oxygen atoms in total. The van der Waals surface area contributed by atoms with Crippen LogP contribution in [0.1, 0.15) is 23.5 Å². The molecular weight excluding hydrogens is 306 g/mol. The van der Waals surface area contributed by atoms with E-state index in [2.05, 4.69) is 15.3 Å². The van der Waals surface area contributed by atoms with Gasteiger partial charge >= 0.3 is 0 Å². The van der Waals surface area contributed by atoms with E-state index in [1.54, 1.807) is 12.3 Å². The highest BCUT2D eigenvalue weighted by Gasteiger charge is 2.31. The van der Waals surface area contributed by atoms with E-state index in [0.29, 0.717) is 16.3 Å². The number of nitrogens with one attached hydrogen (secondary N) is 2. The number of phenolic OH excluding ortho intramolecular Hbond substituents is 2. The third-order valence-corrected chi connectivity index (χ3v) is 4.10. The van der Waals surface area contributed by atoms with Gasteiger partial charge in [-0.25, -0.2) is 4.98 Å². The van der Waals surface area contributed by atoms with Crippen LogP contribution in [0.15, 0.2) is 28.2 Å². The molecule has 1 atom stereocenters. The van der Waals surface area contributed by atoms with Crippen LogP contribution in [0.2, 0.25) is 0 Å². The molecule has 1 aliphatic rings. The van der Waals surface area contributed by atoms with Gasteiger partial charge in [-0.15, -0.1) is 0 Å². The lowest BCUT2D eigenvalue weighted by molar-refractivity contribution is -0.116. The van der Waals surface area contributed by atoms with Crippen LogP contribution in [-0.2, 0) is 4.79 Å². The maximum absolute atomic E-state index is 12.3. The van der Waals surface area contributed by atoms with Gasteiger partial charge < -0.3 is 20.5 Å². The summed E-state index contributed by atoms with van der Waals surface area (Å²) in [6.07, 6.45) is 1.84. The molecule has 0 aliphatic carbocycles. The van der Waals surface area contributed by atoms with Crippen LogP contribution in [0.4, 0.5) is 5.82 Å². The van der Waals surface area contributed by atoms with Crippen LogP contribution in [0.3, 0.4) is 0 Å². The first-order valence-electron chi connectivity index (χ1n) is 6.49. The summed E-state index contributed by atoms with van der Waals surface area (Å²) < 4.78 is 0. The van der Waals surface area contributed by atoms with Crippen LogP contribution < -0.4 is 10.9 Å². The van der Waals surface area contributed by atoms with Gasteiger partial charge in [0.1, 0.15) is 5.82 Å². The average Bonchev–Trinajstić information content (AvgIpc) is 2.48. The summed E-state index contributed by atoms with van der Waals surface area (Å²) in [5.74, 6) is -1.09. The third kappa shape index (κ3) is 2.41. The van der Waals surface area contributed by atoms with Crippen molar-refractivity contribution in [3.05, 3.63) is 39.7 Å². The highest BCUT2D eigenvalue weighted by Crippen LogP contribution is 2.37. The lowest BCUT2D eigenvalue weighted by atomic mass is 9.86. The van der Waals surface area contributed by atoms with Crippen molar-refractivity contribution in [2.24, 2.45) is 0 Å². The minimum atomic E-state index is -0.526. The van der Waals surface area contributed by atoms with Crippen molar-refractivity contribution in [1.29, 1.82) is 0 Å². The largest absolute Gasteiger partial charge is 0.504 e. The number of aromatic nitrogens is 2. The fourth-order valence-corrected chi connectivity index (χ4v) is 2.87. The van der Waals surface area contributed by atoms with Gasteiger partial charge in [-0.1, -0.05) is 17.8 Å². The van der Waals surface area contributed by atoms with Gasteiger partial charge in [0, 0.05) is 12.3 Å². The van der Waals surface area contributed by atoms with Crippen LogP contribution >= 0.6 is 11.8 Å². The molecule has 8 heteroatoms. The molecule has 2 aromatic rings. The van der Waals surface area contributed by atoms with E-state index in [4.69, 9.17) is 0 Å². The minimum absolute atomic E-state index is 0.0700. The summed E-state index contributed by atoms with van der Waals surface area (Å²) in [7, 11) is 0. The van der Waals surface area contributed by atoms with Crippen molar-refractivity contribution in [3.63, 3.8) is 0 Å². The highest BCUT2D eigenvalue weighted by atomic mass is 32.2. The van der Waals surface area contributed by atoms with Crippen LogP contribution in [0, 0.1) is 0 Å². The average molecular weight is 319 g/mol. The van der Waals surface area contributed by atoms with Crippen molar-refractivity contribution in [2.75, 3.05) is 11.6 Å². The van der Waals surface area contributed by atoms with E-state index in [9.17, 15) is 19.8 Å². The molecule has 0 unspecified atom stereocenters. The Bertz CT molecular complexity index is 818. The second-order valence-corrected chi connectivity index (χ2v) is 5.69. The summed E-state index contributed by atoms with van der Waals surface area (Å²) in [6.45, 7) is 0. The molecule has 1 aromatic heterocycles. The molecule has 0 spiro atoms. The molecule has 0 radical (unpaired) electrons. The molecule has 22 heavy (non-hydrogen) atoms. The number of amides is 1. The number of rotatable bonds is 2. The van der Waals surface area contributed by atoms with Crippen molar-refractivity contribution >= 4 is 23.5 Å². The Balaban J connectivity index is 2.17. The molecule has 3 rings (SSSR count). The summed E-state index contributed by atoms with van der Waals surface area (Å²) in [4.78, 5) is 31.1. The number of fused-ring (bicyclic) bond motifs is 1. The van der Waals surface area contributed by atoms with Crippen LogP contribution in [0.5, 0.6) is 11.5 Å². The van der Waals surface area contributed by atoms with Crippen molar-refractivity contribution in [3.8, 4) is 11.5 Å². The molecule has 1 amide bonds. The molecule has 114 valence electrons. The summed E-state index contributed by atoms with van der Waals surface area (Å²) in [5, 5.41) is 22.1. The number of carbonyl (C=O) groups excluding carboxylic acids is 1. The van der Waals surface area contributed by atoms with Crippen molar-refractivity contribution < 1.29 is 15.0 Å². The first-order valence-corrected chi connectivity index (χ1v) is 7.72. The topological polar surface area (TPSA) is 115 Å². The summed E-state index contributed by atoms with van der Waals surface area (Å²) in [5.41, 5.74) is 0.588. The van der Waals surface area contributed by atoms with Gasteiger partial charge in [0.15, 0.2) is 16.7 Å². The van der Waals surface area contributed by atoms with Crippen LogP contribution in [0.25, 0.3) is 0 Å². The fourth-order valence-electron chi connectivity index (χ4n) is 2.49. The van der Waals surface area contributed by atoms with Gasteiger partial charge in [0.05, 0.1) is 5.56 Å². The maximum atomic E-state index is 12.3. The Kier molecular flexibility index (Phi) is 3.53. The minimum Gasteiger partial charge on any atom is -0.504 e. The number of carbonyl (C=O) groups is 1. The number of hydrogen-bond donors (Lipinski definition) is 4. The number of hydrogen-bond acceptors (Lipinski definition) is 6. The first-order chi connectivity index (χ1) is 10.5. The first kappa shape index (κ1) is 14.5. The van der Waals surface area contributed by atoms with Crippen LogP contribution in [-0.4, -0.2) is 32.3 Å². The lowest BCUT2D eigenvalue weighted by Gasteiger charge is -2.24. The predicted octanol–water partition coefficient (Wildman–Crippen LogP) is 1.38. The molecule has 1 aliphatic heterocycles. The SMILES string of the molecule is CSc1nc2c(c(=O)[nH]1)[C@H](c1ccc(O)c(O)c1)CC(=O)N2. The van der Waals surface area contributed by atoms with E-state index in [-0.39, 0.29) is 35.2 Å². The van der Waals surface area contributed by atoms with E-state index < -0.39 is 5.92 Å². The highest BCUT2D eigenvalue weighted by molar-refractivity contribution is 7.98. The number of aromatic amines is 1. The molecule has 0 fully saturated rings. The number of benzene rings is 1. The molecular formula is C14H13N3O4S. The van der Waals surface area contributed by atoms with Crippen molar-refractivity contribution in [2.45, 2.75) is 17.5 Å². The van der Waals surface area contributed by atoms with Gasteiger partial charge in [0.25, 0.3) is 5.56 Å². The van der Waals surface area contributed by atoms with Gasteiger partial charge in [-0.2, -0.15) is 0 Å². The second kappa shape index (κ2) is 5.38. The van der Waals surface area contributed by atoms with Gasteiger partial charge in [-0.05, 0) is 24.0 Å². The summed E-state index contributed by atoms with van der Waals surface area (Å²) in [6, 6.07) is 4.25. The molecule has 0 saturated carbocycles. The van der Waals surface area contributed by atoms with Gasteiger partial charge in [-0.3, -0.25) is 9.59 Å². The number of H-pyrrole nitrogens is 1. The lowest BCUT2D eigenvalue weighted by Crippen LogP contribution is -2.31. The number of nitrogens with zero attached hydrogens (tertiary/aromatic N) is 1. The molecule has 0 bridgehead atoms. The number of aromatic hydroxyl groups is 2. The predicted molar refractivity (Wildman–Crippen MR) is 81.5 cm³/mol. The van der Waals surface area contributed by atoms with E-state index in [1.165, 1.54) is 23.9 Å². The number of thioether (sulfide) groups is 1. The Morgan fingerprint density at radius 3 is 2.73 bits per heavy atom. The zero-order chi connectivity index (χ0) is 15.9. The second-order valence-electron chi connectivity index (χ2n) is 4.89. The monoisotopic (exact) mass is 319 g/mol. The Hall–Kier alpha value is -2.48. The third-order valence-electron chi connectivity index (χ3n) is 3.52. The Morgan fingerprint density at radius 2 is 2.05 bits per heavy atom. The van der Waals surface area contributed by atoms with E-state index in [1.807, 2.05) is 0 Å². The molecule has 1 aromatic carbocycles. The number of anilines is 1.